The minimum Gasteiger partial charge on any atom is -0.385 e. The van der Waals surface area contributed by atoms with E-state index in [9.17, 15) is 23.9 Å². The van der Waals surface area contributed by atoms with Gasteiger partial charge in [-0.25, -0.2) is 18.4 Å². The fourth-order valence-electron chi connectivity index (χ4n) is 4.35. The van der Waals surface area contributed by atoms with Gasteiger partial charge in [0, 0.05) is 18.8 Å². The molecule has 5 rings (SSSR count). The molecule has 4 heterocycles. The molecule has 2 aliphatic rings. The number of rotatable bonds is 3. The molecule has 2 aliphatic heterocycles. The van der Waals surface area contributed by atoms with E-state index in [-0.39, 0.29) is 42.2 Å². The van der Waals surface area contributed by atoms with Gasteiger partial charge in [-0.15, -0.1) is 0 Å². The first kappa shape index (κ1) is 24.3. The maximum Gasteiger partial charge on any atom is 0.255 e. The molecule has 1 amide bonds. The Balaban J connectivity index is 0.00000141. The summed E-state index contributed by atoms with van der Waals surface area (Å²) in [5.41, 5.74) is 0.0326. The third kappa shape index (κ3) is 4.35. The van der Waals surface area contributed by atoms with E-state index >= 15 is 0 Å². The number of aromatic nitrogens is 3. The van der Waals surface area contributed by atoms with Crippen LogP contribution >= 0.6 is 0 Å². The number of alkyl halides is 1. The van der Waals surface area contributed by atoms with Gasteiger partial charge in [0.05, 0.1) is 52.9 Å². The smallest absolute Gasteiger partial charge is 0.255 e. The number of hydrogen-bond donors (Lipinski definition) is 2. The maximum atomic E-state index is 14.7. The van der Waals surface area contributed by atoms with Gasteiger partial charge in [0.1, 0.15) is 17.6 Å². The molecule has 35 heavy (non-hydrogen) atoms. The topological polar surface area (TPSA) is 107 Å². The van der Waals surface area contributed by atoms with Crippen LogP contribution in [0.1, 0.15) is 48.8 Å². The van der Waals surface area contributed by atoms with Crippen molar-refractivity contribution in [2.24, 2.45) is 0 Å². The number of nitrogens with one attached hydrogen (secondary N) is 1. The number of fused-ring (bicyclic) bond motifs is 1. The van der Waals surface area contributed by atoms with Crippen molar-refractivity contribution in [3.8, 4) is 23.0 Å². The maximum absolute atomic E-state index is 14.7. The highest BCUT2D eigenvalue weighted by atomic mass is 19.1. The van der Waals surface area contributed by atoms with E-state index in [1.807, 2.05) is 19.9 Å². The molecular formula is C25H26F2N6O2. The van der Waals surface area contributed by atoms with Crippen molar-refractivity contribution < 1.29 is 18.7 Å². The molecule has 0 saturated carbocycles. The lowest BCUT2D eigenvalue weighted by molar-refractivity contribution is -0.0278. The molecule has 0 bridgehead atoms. The first-order chi connectivity index (χ1) is 16.8. The second-order valence-electron chi connectivity index (χ2n) is 8.46. The van der Waals surface area contributed by atoms with Crippen LogP contribution in [-0.2, 0) is 6.54 Å². The fraction of sp³-hybridized carbons (Fsp3) is 0.360. The second-order valence-corrected chi connectivity index (χ2v) is 8.46. The summed E-state index contributed by atoms with van der Waals surface area (Å²) in [4.78, 5) is 18.8. The van der Waals surface area contributed by atoms with Gasteiger partial charge in [0.25, 0.3) is 5.91 Å². The van der Waals surface area contributed by atoms with Gasteiger partial charge in [-0.3, -0.25) is 4.79 Å². The molecule has 8 nitrogen and oxygen atoms in total. The molecule has 1 aromatic carbocycles. The van der Waals surface area contributed by atoms with E-state index in [2.05, 4.69) is 15.4 Å². The number of nitriles is 1. The summed E-state index contributed by atoms with van der Waals surface area (Å²) in [7, 11) is 0. The summed E-state index contributed by atoms with van der Waals surface area (Å²) in [6.07, 6.45) is 0.491. The minimum atomic E-state index is -1.49. The Morgan fingerprint density at radius 1 is 1.29 bits per heavy atom. The molecule has 182 valence electrons. The average molecular weight is 481 g/mol. The van der Waals surface area contributed by atoms with E-state index in [1.165, 1.54) is 35.9 Å². The van der Waals surface area contributed by atoms with Crippen LogP contribution in [0.15, 0.2) is 36.5 Å². The Kier molecular flexibility index (Phi) is 6.54. The van der Waals surface area contributed by atoms with Crippen molar-refractivity contribution in [1.82, 2.24) is 20.1 Å². The number of hydrogen-bond acceptors (Lipinski definition) is 6. The Bertz CT molecular complexity index is 1310. The summed E-state index contributed by atoms with van der Waals surface area (Å²) >= 11 is 0. The van der Waals surface area contributed by atoms with E-state index in [4.69, 9.17) is 0 Å². The largest absolute Gasteiger partial charge is 0.385 e. The molecule has 2 aromatic heterocycles. The number of nitrogens with zero attached hydrogens (tertiary/aromatic N) is 5. The SMILES string of the molecule is CC.CC1(O)CN(c2ccn(-c3cc(-c4c(F)cccc4C#N)nc4c3C(=O)NC4)n2)CCC1F. The Labute approximate surface area is 201 Å². The number of β-amino-alcohol motifs (C(OH)–C–C–N with tert-alkyl or cyclic N) is 1. The van der Waals surface area contributed by atoms with E-state index in [0.717, 1.165) is 0 Å². The molecule has 1 saturated heterocycles. The highest BCUT2D eigenvalue weighted by molar-refractivity contribution is 6.01. The van der Waals surface area contributed by atoms with Crippen molar-refractivity contribution in [3.05, 3.63) is 59.2 Å². The summed E-state index contributed by atoms with van der Waals surface area (Å²) in [5, 5.41) is 27.0. The Morgan fingerprint density at radius 2 is 2.06 bits per heavy atom. The standard InChI is InChI=1S/C23H20F2N6O2.C2H6/c1-23(33)12-30(7-5-18(23)25)19-6-8-31(29-19)17-9-15(28-16-11-27-22(32)21(16)17)20-13(10-26)3-2-4-14(20)24;1-2/h2-4,6,8-9,18,33H,5,7,11-12H2,1H3,(H,27,32);1-2H3. The monoisotopic (exact) mass is 480 g/mol. The second kappa shape index (κ2) is 9.43. The molecule has 2 unspecified atom stereocenters. The van der Waals surface area contributed by atoms with Gasteiger partial charge in [-0.05, 0) is 31.5 Å². The van der Waals surface area contributed by atoms with Gasteiger partial charge in [-0.1, -0.05) is 19.9 Å². The van der Waals surface area contributed by atoms with Gasteiger partial charge < -0.3 is 15.3 Å². The first-order valence-corrected chi connectivity index (χ1v) is 11.5. The van der Waals surface area contributed by atoms with Crippen LogP contribution in [0.5, 0.6) is 0 Å². The van der Waals surface area contributed by atoms with E-state index in [1.54, 1.807) is 17.2 Å². The van der Waals surface area contributed by atoms with Crippen LogP contribution in [0, 0.1) is 17.1 Å². The lowest BCUT2D eigenvalue weighted by Crippen LogP contribution is -2.53. The highest BCUT2D eigenvalue weighted by Crippen LogP contribution is 2.32. The Morgan fingerprint density at radius 3 is 2.77 bits per heavy atom. The number of benzene rings is 1. The van der Waals surface area contributed by atoms with Gasteiger partial charge >= 0.3 is 0 Å². The zero-order valence-corrected chi connectivity index (χ0v) is 19.7. The lowest BCUT2D eigenvalue weighted by atomic mass is 9.93. The van der Waals surface area contributed by atoms with Crippen LogP contribution in [-0.4, -0.2) is 50.6 Å². The summed E-state index contributed by atoms with van der Waals surface area (Å²) in [5.74, 6) is -0.412. The van der Waals surface area contributed by atoms with Gasteiger partial charge in [0.2, 0.25) is 0 Å². The quantitative estimate of drug-likeness (QED) is 0.594. The number of amides is 1. The molecule has 2 atom stereocenters. The van der Waals surface area contributed by atoms with Crippen LogP contribution in [0.3, 0.4) is 0 Å². The Hall–Kier alpha value is -3.84. The lowest BCUT2D eigenvalue weighted by Gasteiger charge is -2.39. The zero-order chi connectivity index (χ0) is 25.3. The summed E-state index contributed by atoms with van der Waals surface area (Å²) in [6.45, 7) is 6.09. The van der Waals surface area contributed by atoms with Crippen LogP contribution < -0.4 is 10.2 Å². The number of aliphatic hydroxyl groups is 1. The third-order valence-corrected chi connectivity index (χ3v) is 6.09. The van der Waals surface area contributed by atoms with Crippen molar-refractivity contribution in [3.63, 3.8) is 0 Å². The molecule has 0 aliphatic carbocycles. The minimum absolute atomic E-state index is 0.0526. The first-order valence-electron chi connectivity index (χ1n) is 11.5. The van der Waals surface area contributed by atoms with Gasteiger partial charge in [-0.2, -0.15) is 10.4 Å². The average Bonchev–Trinajstić information content (AvgIpc) is 3.49. The number of carbonyl (C=O) groups is 1. The van der Waals surface area contributed by atoms with Crippen molar-refractivity contribution in [2.45, 2.75) is 45.5 Å². The normalized spacial score (nSPS) is 21.0. The number of carbonyl (C=O) groups excluding carboxylic acids is 1. The predicted molar refractivity (Wildman–Crippen MR) is 126 cm³/mol. The molecule has 10 heteroatoms. The molecule has 0 spiro atoms. The predicted octanol–water partition coefficient (Wildman–Crippen LogP) is 3.51. The van der Waals surface area contributed by atoms with Crippen LogP contribution in [0.2, 0.25) is 0 Å². The van der Waals surface area contributed by atoms with Crippen molar-refractivity contribution in [2.75, 3.05) is 18.0 Å². The molecule has 3 aromatic rings. The highest BCUT2D eigenvalue weighted by Gasteiger charge is 2.39. The van der Waals surface area contributed by atoms with Crippen LogP contribution in [0.25, 0.3) is 16.9 Å². The molecular weight excluding hydrogens is 454 g/mol. The van der Waals surface area contributed by atoms with E-state index < -0.39 is 17.6 Å². The fourth-order valence-corrected chi connectivity index (χ4v) is 4.35. The van der Waals surface area contributed by atoms with Crippen LogP contribution in [0.4, 0.5) is 14.6 Å². The summed E-state index contributed by atoms with van der Waals surface area (Å²) < 4.78 is 30.2. The summed E-state index contributed by atoms with van der Waals surface area (Å²) in [6, 6.07) is 9.42. The van der Waals surface area contributed by atoms with Crippen molar-refractivity contribution in [1.29, 1.82) is 5.26 Å². The molecule has 0 radical (unpaired) electrons. The van der Waals surface area contributed by atoms with E-state index in [0.29, 0.717) is 29.3 Å². The van der Waals surface area contributed by atoms with Gasteiger partial charge in [0.15, 0.2) is 5.82 Å². The third-order valence-electron chi connectivity index (χ3n) is 6.09. The zero-order valence-electron chi connectivity index (χ0n) is 19.7. The number of halogens is 2. The molecule has 1 fully saturated rings. The number of anilines is 1. The van der Waals surface area contributed by atoms with Crippen molar-refractivity contribution >= 4 is 11.7 Å². The number of piperidine rings is 1. The number of pyridine rings is 1. The molecule has 2 N–H and O–H groups in total.